The fourth-order valence-electron chi connectivity index (χ4n) is 4.19. The number of aliphatic hydroxyl groups excluding tert-OH is 1. The Labute approximate surface area is 222 Å². The van der Waals surface area contributed by atoms with Crippen molar-refractivity contribution in [2.45, 2.75) is 142 Å². The molecule has 208 valence electrons. The molecular formula is C28H61NO3S2. The van der Waals surface area contributed by atoms with E-state index in [9.17, 15) is 0 Å². The van der Waals surface area contributed by atoms with Gasteiger partial charge in [-0.3, -0.25) is 0 Å². The Morgan fingerprint density at radius 3 is 1.79 bits per heavy atom. The number of unbranched alkanes of at least 4 members (excludes halogenated alkanes) is 9. The molecule has 0 bridgehead atoms. The Balaban J connectivity index is 0. The van der Waals surface area contributed by atoms with Gasteiger partial charge in [0.1, 0.15) is 0 Å². The van der Waals surface area contributed by atoms with Crippen molar-refractivity contribution in [2.24, 2.45) is 11.7 Å². The highest BCUT2D eigenvalue weighted by molar-refractivity contribution is 8.76. The van der Waals surface area contributed by atoms with E-state index in [1.54, 1.807) is 0 Å². The van der Waals surface area contributed by atoms with Crippen LogP contribution in [-0.4, -0.2) is 55.7 Å². The summed E-state index contributed by atoms with van der Waals surface area (Å²) in [7, 11) is 6.53. The third kappa shape index (κ3) is 23.0. The van der Waals surface area contributed by atoms with E-state index in [4.69, 9.17) is 14.6 Å². The first-order chi connectivity index (χ1) is 16.7. The van der Waals surface area contributed by atoms with Crippen LogP contribution in [0.25, 0.3) is 0 Å². The van der Waals surface area contributed by atoms with Crippen LogP contribution in [-0.2, 0) is 9.47 Å². The molecule has 3 N–H and O–H groups in total. The lowest BCUT2D eigenvalue weighted by Gasteiger charge is -2.34. The molecule has 1 aliphatic rings. The molecule has 0 aliphatic heterocycles. The minimum absolute atomic E-state index is 0.264. The lowest BCUT2D eigenvalue weighted by Crippen LogP contribution is -2.36. The summed E-state index contributed by atoms with van der Waals surface area (Å²) >= 11 is 0. The maximum Gasteiger partial charge on any atom is 0.0842 e. The van der Waals surface area contributed by atoms with Gasteiger partial charge >= 0.3 is 0 Å². The molecular weight excluding hydrogens is 462 g/mol. The van der Waals surface area contributed by atoms with E-state index < -0.39 is 0 Å². The predicted molar refractivity (Wildman–Crippen MR) is 157 cm³/mol. The third-order valence-corrected chi connectivity index (χ3v) is 8.67. The molecule has 34 heavy (non-hydrogen) atoms. The maximum absolute atomic E-state index is 7.00. The van der Waals surface area contributed by atoms with Crippen molar-refractivity contribution in [1.29, 1.82) is 0 Å². The van der Waals surface area contributed by atoms with Gasteiger partial charge in [-0.15, -0.1) is 0 Å². The summed E-state index contributed by atoms with van der Waals surface area (Å²) in [5.74, 6) is 3.26. The van der Waals surface area contributed by atoms with Crippen molar-refractivity contribution in [1.82, 2.24) is 0 Å². The van der Waals surface area contributed by atoms with Crippen LogP contribution in [0.1, 0.15) is 124 Å². The average Bonchev–Trinajstić information content (AvgIpc) is 2.83. The second-order valence-corrected chi connectivity index (χ2v) is 12.1. The summed E-state index contributed by atoms with van der Waals surface area (Å²) in [6.07, 6.45) is 21.5. The molecule has 2 unspecified atom stereocenters. The van der Waals surface area contributed by atoms with E-state index in [1.807, 2.05) is 21.6 Å². The van der Waals surface area contributed by atoms with Crippen LogP contribution in [0.5, 0.6) is 0 Å². The molecule has 0 amide bonds. The molecule has 1 aliphatic carbocycles. The van der Waals surface area contributed by atoms with Crippen molar-refractivity contribution < 1.29 is 14.6 Å². The number of ether oxygens (including phenoxy) is 2. The van der Waals surface area contributed by atoms with Gasteiger partial charge in [0, 0.05) is 18.6 Å². The van der Waals surface area contributed by atoms with Crippen molar-refractivity contribution in [3.05, 3.63) is 0 Å². The molecule has 0 heterocycles. The van der Waals surface area contributed by atoms with E-state index in [1.165, 1.54) is 103 Å². The van der Waals surface area contributed by atoms with Gasteiger partial charge in [0.25, 0.3) is 0 Å². The van der Waals surface area contributed by atoms with Crippen molar-refractivity contribution in [3.63, 3.8) is 0 Å². The van der Waals surface area contributed by atoms with Gasteiger partial charge in [0.2, 0.25) is 0 Å². The van der Waals surface area contributed by atoms with Crippen LogP contribution >= 0.6 is 21.6 Å². The van der Waals surface area contributed by atoms with Crippen molar-refractivity contribution in [3.8, 4) is 0 Å². The monoisotopic (exact) mass is 523 g/mol. The summed E-state index contributed by atoms with van der Waals surface area (Å²) < 4.78 is 12.5. The molecule has 6 heteroatoms. The molecule has 1 saturated carbocycles. The van der Waals surface area contributed by atoms with Gasteiger partial charge in [-0.1, -0.05) is 112 Å². The number of nitrogens with two attached hydrogens (primary N) is 1. The minimum atomic E-state index is 0.264. The average molecular weight is 524 g/mol. The summed E-state index contributed by atoms with van der Waals surface area (Å²) in [5.41, 5.74) is 4.50. The lowest BCUT2D eigenvalue weighted by atomic mass is 9.80. The van der Waals surface area contributed by atoms with Crippen LogP contribution in [0.2, 0.25) is 0 Å². The molecule has 0 spiro atoms. The number of aliphatic hydroxyl groups is 1. The van der Waals surface area contributed by atoms with E-state index in [0.29, 0.717) is 6.10 Å². The molecule has 1 fully saturated rings. The Morgan fingerprint density at radius 2 is 1.32 bits per heavy atom. The maximum atomic E-state index is 7.00. The summed E-state index contributed by atoms with van der Waals surface area (Å²) in [4.78, 5) is 0. The summed E-state index contributed by atoms with van der Waals surface area (Å²) in [6, 6.07) is 0. The fraction of sp³-hybridized carbons (Fsp3) is 1.00. The molecule has 0 aromatic heterocycles. The summed E-state index contributed by atoms with van der Waals surface area (Å²) in [6.45, 7) is 9.70. The zero-order valence-corrected chi connectivity index (χ0v) is 25.3. The molecule has 0 aromatic rings. The van der Waals surface area contributed by atoms with E-state index in [2.05, 4.69) is 33.4 Å². The molecule has 0 aromatic carbocycles. The quantitative estimate of drug-likeness (QED) is 0.110. The molecule has 1 rings (SSSR count). The van der Waals surface area contributed by atoms with Gasteiger partial charge in [-0.25, -0.2) is 0 Å². The number of hydrogen-bond donors (Lipinski definition) is 2. The van der Waals surface area contributed by atoms with Crippen LogP contribution in [0.4, 0.5) is 0 Å². The topological polar surface area (TPSA) is 64.7 Å². The van der Waals surface area contributed by atoms with E-state index in [0.717, 1.165) is 31.8 Å². The Bertz CT molecular complexity index is 372. The van der Waals surface area contributed by atoms with Crippen LogP contribution < -0.4 is 5.73 Å². The van der Waals surface area contributed by atoms with Gasteiger partial charge in [0.05, 0.1) is 24.9 Å². The van der Waals surface area contributed by atoms with E-state index >= 15 is 0 Å². The van der Waals surface area contributed by atoms with Crippen molar-refractivity contribution in [2.75, 3.05) is 32.3 Å². The van der Waals surface area contributed by atoms with Crippen LogP contribution in [0.3, 0.4) is 0 Å². The normalized spacial score (nSPS) is 15.1. The number of hydrogen-bond acceptors (Lipinski definition) is 6. The minimum Gasteiger partial charge on any atom is -0.400 e. The number of rotatable bonds is 22. The Morgan fingerprint density at radius 1 is 0.794 bits per heavy atom. The molecule has 4 nitrogen and oxygen atoms in total. The Kier molecular flexibility index (Phi) is 32.1. The Hall–Kier alpha value is 0.540. The highest BCUT2D eigenvalue weighted by Crippen LogP contribution is 2.33. The fourth-order valence-corrected chi connectivity index (χ4v) is 6.18. The highest BCUT2D eigenvalue weighted by Gasteiger charge is 2.28. The lowest BCUT2D eigenvalue weighted by molar-refractivity contribution is -0.103. The smallest absolute Gasteiger partial charge is 0.0842 e. The summed E-state index contributed by atoms with van der Waals surface area (Å²) in [5, 5.41) is 7.00. The van der Waals surface area contributed by atoms with Crippen LogP contribution in [0, 0.1) is 5.92 Å². The predicted octanol–water partition coefficient (Wildman–Crippen LogP) is 8.25. The van der Waals surface area contributed by atoms with Crippen molar-refractivity contribution >= 4 is 21.6 Å². The van der Waals surface area contributed by atoms with Crippen LogP contribution in [0.15, 0.2) is 0 Å². The molecule has 0 radical (unpaired) electrons. The van der Waals surface area contributed by atoms with E-state index in [-0.39, 0.29) is 12.2 Å². The SMILES string of the molecule is CCCCCCCCCCCCSSCCOC(CC)C(CC1CCC1)OC(C)C.CN.CO. The first-order valence-corrected chi connectivity index (χ1v) is 16.7. The third-order valence-electron chi connectivity index (χ3n) is 6.22. The van der Waals surface area contributed by atoms with Gasteiger partial charge in [-0.05, 0) is 46.1 Å². The first-order valence-electron chi connectivity index (χ1n) is 14.2. The highest BCUT2D eigenvalue weighted by atomic mass is 33.1. The molecule has 2 atom stereocenters. The zero-order chi connectivity index (χ0) is 25.9. The van der Waals surface area contributed by atoms with Gasteiger partial charge < -0.3 is 20.3 Å². The first kappa shape index (κ1) is 36.7. The largest absolute Gasteiger partial charge is 0.400 e. The van der Waals surface area contributed by atoms with Gasteiger partial charge in [-0.2, -0.15) is 0 Å². The zero-order valence-electron chi connectivity index (χ0n) is 23.7. The standard InChI is InChI=1S/C26H52O2S2.CH5N.CH4O/c1-5-7-8-9-10-11-12-13-14-15-20-29-30-21-19-27-25(6-2)26(28-23(3)4)22-24-17-16-18-24;2*1-2/h23-26H,5-22H2,1-4H3;2H2,1H3;2H,1H3. The second kappa shape index (κ2) is 29.8. The van der Waals surface area contributed by atoms with Gasteiger partial charge in [0.15, 0.2) is 0 Å². The second-order valence-electron chi connectivity index (χ2n) is 9.40. The molecule has 0 saturated heterocycles.